The third-order valence-corrected chi connectivity index (χ3v) is 9.48. The predicted octanol–water partition coefficient (Wildman–Crippen LogP) is 4.97. The molecule has 0 unspecified atom stereocenters. The topological polar surface area (TPSA) is 157 Å². The molecule has 1 aromatic carbocycles. The van der Waals surface area contributed by atoms with Gasteiger partial charge in [0.25, 0.3) is 5.91 Å². The van der Waals surface area contributed by atoms with Crippen molar-refractivity contribution in [3.8, 4) is 5.75 Å². The average Bonchev–Trinajstić information content (AvgIpc) is 3.55. The van der Waals surface area contributed by atoms with E-state index in [1.54, 1.807) is 13.2 Å². The number of anilines is 1. The molecule has 1 saturated heterocycles. The van der Waals surface area contributed by atoms with Crippen molar-refractivity contribution in [2.45, 2.75) is 76.9 Å². The Bertz CT molecular complexity index is 1870. The molecule has 0 radical (unpaired) electrons. The molecule has 1 fully saturated rings. The Hall–Kier alpha value is -4.66. The fraction of sp³-hybridized carbons (Fsp3) is 0.526. The summed E-state index contributed by atoms with van der Waals surface area (Å²) in [5.74, 6) is 1.40. The number of carbonyl (C=O) groups excluding carboxylic acids is 2. The summed E-state index contributed by atoms with van der Waals surface area (Å²) in [5.41, 5.74) is 2.65. The molecule has 2 aliphatic rings. The number of fused-ring (bicyclic) bond motifs is 2. The van der Waals surface area contributed by atoms with Gasteiger partial charge in [0.05, 0.1) is 37.8 Å². The van der Waals surface area contributed by atoms with Crippen molar-refractivity contribution >= 4 is 23.4 Å². The van der Waals surface area contributed by atoms with E-state index in [4.69, 9.17) is 14.2 Å². The summed E-state index contributed by atoms with van der Waals surface area (Å²) in [6.45, 7) is 15.3. The smallest absolute Gasteiger partial charge is 0.320 e. The molecule has 3 N–H and O–H groups in total. The maximum Gasteiger partial charge on any atom is 0.320 e. The number of amides is 3. The molecule has 14 nitrogen and oxygen atoms in total. The number of nitrogens with zero attached hydrogens (tertiary/aromatic N) is 6. The number of aromatic nitrogens is 5. The van der Waals surface area contributed by atoms with Crippen LogP contribution in [0.4, 0.5) is 10.6 Å². The minimum absolute atomic E-state index is 0.0242. The summed E-state index contributed by atoms with van der Waals surface area (Å²) < 4.78 is 19.4. The Morgan fingerprint density at radius 2 is 1.75 bits per heavy atom. The van der Waals surface area contributed by atoms with E-state index >= 15 is 0 Å². The van der Waals surface area contributed by atoms with Crippen LogP contribution in [0.3, 0.4) is 0 Å². The van der Waals surface area contributed by atoms with Crippen molar-refractivity contribution in [2.75, 3.05) is 58.4 Å². The summed E-state index contributed by atoms with van der Waals surface area (Å²) in [5, 5.41) is 17.7. The van der Waals surface area contributed by atoms with Crippen molar-refractivity contribution in [1.29, 1.82) is 0 Å². The Kier molecular flexibility index (Phi) is 11.4. The molecule has 52 heavy (non-hydrogen) atoms. The van der Waals surface area contributed by atoms with Crippen LogP contribution in [0.15, 0.2) is 48.7 Å². The highest BCUT2D eigenvalue weighted by Crippen LogP contribution is 2.39. The first kappa shape index (κ1) is 37.1. The summed E-state index contributed by atoms with van der Waals surface area (Å²) in [6, 6.07) is 12.9. The quantitative estimate of drug-likeness (QED) is 0.171. The van der Waals surface area contributed by atoms with E-state index in [2.05, 4.69) is 54.9 Å². The van der Waals surface area contributed by atoms with Crippen molar-refractivity contribution in [3.63, 3.8) is 0 Å². The molecule has 14 heteroatoms. The number of benzene rings is 1. The fourth-order valence-corrected chi connectivity index (χ4v) is 6.73. The predicted molar refractivity (Wildman–Crippen MR) is 197 cm³/mol. The summed E-state index contributed by atoms with van der Waals surface area (Å²) in [4.78, 5) is 37.9. The van der Waals surface area contributed by atoms with Crippen LogP contribution in [0, 0.1) is 0 Å². The first-order valence-corrected chi connectivity index (χ1v) is 18.1. The van der Waals surface area contributed by atoms with Gasteiger partial charge in [-0.3, -0.25) is 19.4 Å². The van der Waals surface area contributed by atoms with E-state index in [1.165, 1.54) is 0 Å². The van der Waals surface area contributed by atoms with Crippen LogP contribution in [0.2, 0.25) is 0 Å². The van der Waals surface area contributed by atoms with E-state index in [0.29, 0.717) is 37.4 Å². The lowest BCUT2D eigenvalue weighted by atomic mass is 9.85. The van der Waals surface area contributed by atoms with Crippen LogP contribution < -0.4 is 20.7 Å². The molecule has 3 aromatic heterocycles. The Labute approximate surface area is 305 Å². The second kappa shape index (κ2) is 15.9. The zero-order valence-corrected chi connectivity index (χ0v) is 31.1. The lowest BCUT2D eigenvalue weighted by molar-refractivity contribution is 0.0374. The van der Waals surface area contributed by atoms with Crippen LogP contribution in [-0.2, 0) is 20.3 Å². The molecule has 1 aliphatic heterocycles. The van der Waals surface area contributed by atoms with Gasteiger partial charge in [-0.25, -0.2) is 14.8 Å². The van der Waals surface area contributed by atoms with Gasteiger partial charge in [0.2, 0.25) is 5.82 Å². The fourth-order valence-electron chi connectivity index (χ4n) is 6.73. The van der Waals surface area contributed by atoms with Crippen LogP contribution in [0.5, 0.6) is 5.75 Å². The van der Waals surface area contributed by atoms with Crippen LogP contribution in [0.25, 0.3) is 5.65 Å². The first-order valence-electron chi connectivity index (χ1n) is 18.1. The number of ether oxygens (including phenoxy) is 3. The largest absolute Gasteiger partial charge is 0.484 e. The van der Waals surface area contributed by atoms with Crippen molar-refractivity contribution in [1.82, 2.24) is 40.1 Å². The number of methoxy groups -OCH3 is 1. The van der Waals surface area contributed by atoms with Crippen LogP contribution in [0.1, 0.15) is 99.3 Å². The zero-order chi connectivity index (χ0) is 36.9. The Balaban J connectivity index is 1.12. The minimum Gasteiger partial charge on any atom is -0.484 e. The number of carbonyl (C=O) groups is 2. The van der Waals surface area contributed by atoms with Gasteiger partial charge < -0.3 is 24.8 Å². The molecule has 3 amide bonds. The molecule has 0 saturated carbocycles. The van der Waals surface area contributed by atoms with Crippen LogP contribution in [-0.4, -0.2) is 94.5 Å². The first-order chi connectivity index (χ1) is 24.9. The normalized spacial score (nSPS) is 18.1. The SMILES string of the molecule is COCC(C)(C)c1nnc2ccc(O[C@@H]3CC[C@H](NC(=O)Nc4cc(C(C)(C)C)nc(C(=O)NCCCN5CCOCC5)n4)c4ccccc43)cn12. The molecule has 4 aromatic rings. The van der Waals surface area contributed by atoms with Crippen molar-refractivity contribution < 1.29 is 23.8 Å². The van der Waals surface area contributed by atoms with Gasteiger partial charge in [-0.2, -0.15) is 0 Å². The molecule has 4 heterocycles. The monoisotopic (exact) mass is 713 g/mol. The summed E-state index contributed by atoms with van der Waals surface area (Å²) in [6.07, 6.45) is 3.86. The van der Waals surface area contributed by atoms with Gasteiger partial charge in [0.15, 0.2) is 5.65 Å². The second-order valence-electron chi connectivity index (χ2n) is 15.2. The molecular weight excluding hydrogens is 662 g/mol. The molecular formula is C38H51N9O5. The highest BCUT2D eigenvalue weighted by Gasteiger charge is 2.31. The van der Waals surface area contributed by atoms with E-state index < -0.39 is 6.03 Å². The third-order valence-electron chi connectivity index (χ3n) is 9.48. The average molecular weight is 714 g/mol. The standard InChI is InChI=1S/C38H51N9O5/c1-37(2,3)30-22-31(42-33(41-30)34(48)39-16-9-17-46-18-20-51-21-19-46)43-36(49)40-28-13-14-29(27-11-8-7-10-26(27)28)52-25-12-15-32-44-45-35(47(32)23-25)38(4,5)24-50-6/h7-8,10-12,15,22-23,28-29H,9,13-14,16-21,24H2,1-6H3,(H,39,48)(H2,40,41,42,43,49)/t28-,29+/m0/s1. The summed E-state index contributed by atoms with van der Waals surface area (Å²) >= 11 is 0. The van der Waals surface area contributed by atoms with E-state index in [9.17, 15) is 9.59 Å². The Morgan fingerprint density at radius 1 is 0.981 bits per heavy atom. The van der Waals surface area contributed by atoms with Crippen molar-refractivity contribution in [2.24, 2.45) is 0 Å². The number of hydrogen-bond donors (Lipinski definition) is 3. The van der Waals surface area contributed by atoms with Gasteiger partial charge >= 0.3 is 6.03 Å². The molecule has 278 valence electrons. The number of morpholine rings is 1. The minimum atomic E-state index is -0.418. The Morgan fingerprint density at radius 3 is 2.50 bits per heavy atom. The van der Waals surface area contributed by atoms with E-state index in [0.717, 1.165) is 61.9 Å². The number of pyridine rings is 1. The van der Waals surface area contributed by atoms with Crippen molar-refractivity contribution in [3.05, 3.63) is 77.1 Å². The number of nitrogens with one attached hydrogen (secondary N) is 3. The molecule has 6 rings (SSSR count). The van der Waals surface area contributed by atoms with Gasteiger partial charge in [-0.15, -0.1) is 10.2 Å². The molecule has 2 atom stereocenters. The van der Waals surface area contributed by atoms with E-state index in [-0.39, 0.29) is 40.5 Å². The van der Waals surface area contributed by atoms with Gasteiger partial charge in [0.1, 0.15) is 23.5 Å². The number of urea groups is 1. The molecule has 0 spiro atoms. The zero-order valence-electron chi connectivity index (χ0n) is 31.1. The second-order valence-corrected chi connectivity index (χ2v) is 15.2. The number of rotatable bonds is 12. The maximum absolute atomic E-state index is 13.5. The lowest BCUT2D eigenvalue weighted by Crippen LogP contribution is -2.38. The molecule has 0 bridgehead atoms. The molecule has 1 aliphatic carbocycles. The third kappa shape index (κ3) is 8.85. The van der Waals surface area contributed by atoms with Gasteiger partial charge in [0, 0.05) is 43.6 Å². The van der Waals surface area contributed by atoms with Gasteiger partial charge in [-0.05, 0) is 49.1 Å². The highest BCUT2D eigenvalue weighted by atomic mass is 16.5. The van der Waals surface area contributed by atoms with E-state index in [1.807, 2.05) is 67.8 Å². The van der Waals surface area contributed by atoms with Crippen LogP contribution >= 0.6 is 0 Å². The summed E-state index contributed by atoms with van der Waals surface area (Å²) in [7, 11) is 1.68. The maximum atomic E-state index is 13.5. The van der Waals surface area contributed by atoms with Gasteiger partial charge in [-0.1, -0.05) is 58.9 Å². The highest BCUT2D eigenvalue weighted by molar-refractivity contribution is 5.92. The number of hydrogen-bond acceptors (Lipinski definition) is 10. The lowest BCUT2D eigenvalue weighted by Gasteiger charge is -2.32.